The van der Waals surface area contributed by atoms with Crippen molar-refractivity contribution in [2.45, 2.75) is 0 Å². The van der Waals surface area contributed by atoms with Crippen LogP contribution in [0, 0.1) is 0 Å². The van der Waals surface area contributed by atoms with E-state index in [0.29, 0.717) is 6.35 Å². The van der Waals surface area contributed by atoms with Crippen LogP contribution in [-0.2, 0) is 4.29 Å². The van der Waals surface area contributed by atoms with Crippen LogP contribution in [0.1, 0.15) is 0 Å². The zero-order chi connectivity index (χ0) is 3.41. The average Bonchev–Trinajstić information content (AvgIpc) is 1.37. The minimum Gasteiger partial charge on any atom is -0.275 e. The van der Waals surface area contributed by atoms with Crippen LogP contribution in [0.15, 0.2) is 0 Å². The molecule has 0 aliphatic heterocycles. The van der Waals surface area contributed by atoms with Gasteiger partial charge in [-0.25, -0.2) is 0 Å². The molecule has 0 N–H and O–H groups in total. The molecule has 0 aromatic heterocycles. The number of rotatable bonds is 1. The maximum Gasteiger partial charge on any atom is 0.0817 e. The lowest BCUT2D eigenvalue weighted by Crippen LogP contribution is -1.56. The Morgan fingerprint density at radius 2 is 2.25 bits per heavy atom. The molecule has 1 nitrogen and oxygen atoms in total. The van der Waals surface area contributed by atoms with E-state index < -0.39 is 0 Å². The molecule has 0 bridgehead atoms. The van der Waals surface area contributed by atoms with Gasteiger partial charge in [0, 0.05) is 0 Å². The summed E-state index contributed by atoms with van der Waals surface area (Å²) in [4.78, 5) is 0. The Morgan fingerprint density at radius 1 is 2.00 bits per heavy atom. The second kappa shape index (κ2) is 3.68. The molecule has 0 aliphatic carbocycles. The van der Waals surface area contributed by atoms with Gasteiger partial charge < -0.3 is 0 Å². The number of hydrogen-bond donors (Lipinski definition) is 0. The lowest BCUT2D eigenvalue weighted by atomic mass is 11.7. The van der Waals surface area contributed by atoms with Gasteiger partial charge in [0.05, 0.1) is 18.2 Å². The van der Waals surface area contributed by atoms with Gasteiger partial charge in [0.25, 0.3) is 0 Å². The lowest BCUT2D eigenvalue weighted by molar-refractivity contribution is 0.438. The second-order valence-electron chi connectivity index (χ2n) is 0.276. The Kier molecular flexibility index (Phi) is 4.31. The molecule has 0 saturated heterocycles. The predicted octanol–water partition coefficient (Wildman–Crippen LogP) is 0.989. The molecule has 0 heterocycles. The first kappa shape index (κ1) is 4.68. The highest BCUT2D eigenvalue weighted by atomic mass is 35.5. The fourth-order valence-corrected chi connectivity index (χ4v) is 0. The van der Waals surface area contributed by atoms with Crippen LogP contribution < -0.4 is 0 Å². The minimum absolute atomic E-state index is 0.502. The normalized spacial score (nSPS) is 7.50. The molecule has 4 heavy (non-hydrogen) atoms. The van der Waals surface area contributed by atoms with Gasteiger partial charge in [-0.05, 0) is 0 Å². The van der Waals surface area contributed by atoms with Crippen molar-refractivity contribution >= 4 is 21.1 Å². The lowest BCUT2D eigenvalue weighted by Gasteiger charge is -1.70. The third-order valence-corrected chi connectivity index (χ3v) is 0.567. The monoisotopic (exact) mass is 98.0 g/mol. The fourth-order valence-electron chi connectivity index (χ4n) is 0. The van der Waals surface area contributed by atoms with Crippen molar-refractivity contribution in [1.82, 2.24) is 0 Å². The van der Waals surface area contributed by atoms with Crippen LogP contribution in [-0.4, -0.2) is 6.35 Å². The van der Waals surface area contributed by atoms with E-state index in [1.807, 2.05) is 0 Å². The maximum atomic E-state index is 4.67. The molecule has 3 heteroatoms. The first-order chi connectivity index (χ1) is 1.91. The summed E-state index contributed by atoms with van der Waals surface area (Å²) in [6, 6.07) is 0. The molecule has 0 radical (unpaired) electrons. The van der Waals surface area contributed by atoms with Crippen LogP contribution in [0.25, 0.3) is 0 Å². The smallest absolute Gasteiger partial charge is 0.0817 e. The van der Waals surface area contributed by atoms with E-state index >= 15 is 0 Å². The summed E-state index contributed by atoms with van der Waals surface area (Å²) < 4.78 is 3.98. The highest BCUT2D eigenvalue weighted by Crippen LogP contribution is 1.83. The van der Waals surface area contributed by atoms with Gasteiger partial charge in [0.1, 0.15) is 0 Å². The Bertz CT molecular complexity index is 10.0. The van der Waals surface area contributed by atoms with Gasteiger partial charge in [0.2, 0.25) is 0 Å². The Hall–Kier alpha value is 0.680. The van der Waals surface area contributed by atoms with E-state index in [1.54, 1.807) is 0 Å². The molecule has 0 aliphatic rings. The summed E-state index contributed by atoms with van der Waals surface area (Å²) in [5, 5.41) is 0. The van der Waals surface area contributed by atoms with Crippen LogP contribution in [0.2, 0.25) is 0 Å². The average molecular weight is 98.5 g/mol. The molecular weight excluding hydrogens is 94.4 g/mol. The summed E-state index contributed by atoms with van der Waals surface area (Å²) in [6.45, 7) is 0. The van der Waals surface area contributed by atoms with Gasteiger partial charge >= 0.3 is 0 Å². The molecule has 1 unspecified atom stereocenters. The van der Waals surface area contributed by atoms with E-state index in [2.05, 4.69) is 25.4 Å². The summed E-state index contributed by atoms with van der Waals surface area (Å²) >= 11 is 4.67. The maximum absolute atomic E-state index is 4.67. The van der Waals surface area contributed by atoms with Crippen LogP contribution in [0.5, 0.6) is 0 Å². The third kappa shape index (κ3) is 2.68. The van der Waals surface area contributed by atoms with Crippen LogP contribution in [0.3, 0.4) is 0 Å². The van der Waals surface area contributed by atoms with E-state index in [0.717, 1.165) is 0 Å². The topological polar surface area (TPSA) is 9.23 Å². The molecule has 0 saturated carbocycles. The number of hydrogen-bond acceptors (Lipinski definition) is 1. The standard InChI is InChI=1S/CH4ClOP/c2-3-1-4/h1,4H2. The summed E-state index contributed by atoms with van der Waals surface area (Å²) in [6.07, 6.45) is 0.502. The van der Waals surface area contributed by atoms with Crippen molar-refractivity contribution in [3.8, 4) is 0 Å². The van der Waals surface area contributed by atoms with Crippen LogP contribution >= 0.6 is 21.1 Å². The van der Waals surface area contributed by atoms with Crippen molar-refractivity contribution in [3.05, 3.63) is 0 Å². The minimum atomic E-state index is 0.502. The molecule has 1 atom stereocenters. The highest BCUT2D eigenvalue weighted by molar-refractivity contribution is 7.16. The van der Waals surface area contributed by atoms with Crippen molar-refractivity contribution in [2.24, 2.45) is 0 Å². The summed E-state index contributed by atoms with van der Waals surface area (Å²) in [5.41, 5.74) is 0. The molecule has 26 valence electrons. The van der Waals surface area contributed by atoms with Crippen molar-refractivity contribution in [3.63, 3.8) is 0 Å². The summed E-state index contributed by atoms with van der Waals surface area (Å²) in [5.74, 6) is 0. The third-order valence-electron chi connectivity index (χ3n) is 0.0630. The Labute approximate surface area is 32.7 Å². The molecule has 0 rings (SSSR count). The SMILES string of the molecule is PCOCl. The van der Waals surface area contributed by atoms with Crippen molar-refractivity contribution in [2.75, 3.05) is 6.35 Å². The van der Waals surface area contributed by atoms with Crippen molar-refractivity contribution in [1.29, 1.82) is 0 Å². The molecule has 0 amide bonds. The zero-order valence-corrected chi connectivity index (χ0v) is 3.98. The van der Waals surface area contributed by atoms with Crippen molar-refractivity contribution < 1.29 is 4.29 Å². The Balaban J connectivity index is 1.97. The second-order valence-corrected chi connectivity index (χ2v) is 0.827. The molecule has 0 aromatic rings. The van der Waals surface area contributed by atoms with E-state index in [4.69, 9.17) is 0 Å². The van der Waals surface area contributed by atoms with Crippen LogP contribution in [0.4, 0.5) is 0 Å². The first-order valence-corrected chi connectivity index (χ1v) is 1.98. The van der Waals surface area contributed by atoms with Gasteiger partial charge in [-0.2, -0.15) is 0 Å². The zero-order valence-electron chi connectivity index (χ0n) is 2.07. The fraction of sp³-hybridized carbons (Fsp3) is 1.00. The molecular formula is CH4ClOP. The number of halogens is 1. The van der Waals surface area contributed by atoms with E-state index in [1.165, 1.54) is 0 Å². The first-order valence-electron chi connectivity index (χ1n) is 0.851. The summed E-state index contributed by atoms with van der Waals surface area (Å²) in [7, 11) is 2.30. The van der Waals surface area contributed by atoms with Gasteiger partial charge in [0.15, 0.2) is 0 Å². The van der Waals surface area contributed by atoms with E-state index in [9.17, 15) is 0 Å². The largest absolute Gasteiger partial charge is 0.275 e. The Morgan fingerprint density at radius 3 is 2.25 bits per heavy atom. The van der Waals surface area contributed by atoms with E-state index in [-0.39, 0.29) is 0 Å². The molecule has 0 aromatic carbocycles. The molecule has 0 spiro atoms. The van der Waals surface area contributed by atoms with Gasteiger partial charge in [-0.1, -0.05) is 0 Å². The quantitative estimate of drug-likeness (QED) is 0.445. The predicted molar refractivity (Wildman–Crippen MR) is 21.5 cm³/mol. The highest BCUT2D eigenvalue weighted by Gasteiger charge is 1.55. The molecule has 0 fully saturated rings. The van der Waals surface area contributed by atoms with Gasteiger partial charge in [-0.15, -0.1) is 9.24 Å². The van der Waals surface area contributed by atoms with Gasteiger partial charge in [-0.3, -0.25) is 4.29 Å².